The molecule has 1 aliphatic rings. The topological polar surface area (TPSA) is 102 Å². The SMILES string of the molecule is C[C@@]1(c2ccc(OC(F)F)cc2)NC(=O)N(CCC(N)=O)C1=O. The molecule has 4 amide bonds. The maximum absolute atomic E-state index is 12.5. The zero-order valence-electron chi connectivity index (χ0n) is 12.2. The molecule has 0 spiro atoms. The quantitative estimate of drug-likeness (QED) is 0.759. The number of nitrogens with two attached hydrogens (primary N) is 1. The lowest BCUT2D eigenvalue weighted by Crippen LogP contribution is -2.41. The molecule has 0 bridgehead atoms. The summed E-state index contributed by atoms with van der Waals surface area (Å²) in [6.07, 6.45) is -0.142. The van der Waals surface area contributed by atoms with Crippen molar-refractivity contribution in [3.05, 3.63) is 29.8 Å². The molecular formula is C14H15F2N3O4. The zero-order valence-corrected chi connectivity index (χ0v) is 12.2. The average Bonchev–Trinajstić information content (AvgIpc) is 2.68. The van der Waals surface area contributed by atoms with Crippen molar-refractivity contribution in [2.45, 2.75) is 25.5 Å². The lowest BCUT2D eigenvalue weighted by Gasteiger charge is -2.22. The maximum Gasteiger partial charge on any atom is 0.387 e. The smallest absolute Gasteiger partial charge is 0.387 e. The fraction of sp³-hybridized carbons (Fsp3) is 0.357. The molecule has 1 aliphatic heterocycles. The molecule has 1 aromatic rings. The minimum absolute atomic E-state index is 0.0605. The van der Waals surface area contributed by atoms with Crippen LogP contribution in [-0.2, 0) is 15.1 Å². The molecule has 1 saturated heterocycles. The van der Waals surface area contributed by atoms with Crippen LogP contribution in [0, 0.1) is 0 Å². The number of carbonyl (C=O) groups excluding carboxylic acids is 3. The number of hydrogen-bond donors (Lipinski definition) is 2. The molecule has 2 rings (SSSR count). The van der Waals surface area contributed by atoms with Gasteiger partial charge in [0.05, 0.1) is 0 Å². The summed E-state index contributed by atoms with van der Waals surface area (Å²) in [4.78, 5) is 36.1. The summed E-state index contributed by atoms with van der Waals surface area (Å²) in [6.45, 7) is -1.59. The van der Waals surface area contributed by atoms with E-state index in [9.17, 15) is 23.2 Å². The van der Waals surface area contributed by atoms with Crippen molar-refractivity contribution in [3.63, 3.8) is 0 Å². The molecule has 0 aromatic heterocycles. The summed E-state index contributed by atoms with van der Waals surface area (Å²) < 4.78 is 28.5. The first-order valence-corrected chi connectivity index (χ1v) is 6.72. The van der Waals surface area contributed by atoms with Gasteiger partial charge in [-0.2, -0.15) is 8.78 Å². The van der Waals surface area contributed by atoms with E-state index in [1.165, 1.54) is 31.2 Å². The van der Waals surface area contributed by atoms with Crippen LogP contribution >= 0.6 is 0 Å². The molecular weight excluding hydrogens is 312 g/mol. The van der Waals surface area contributed by atoms with E-state index in [0.717, 1.165) is 4.90 Å². The van der Waals surface area contributed by atoms with E-state index in [2.05, 4.69) is 10.1 Å². The van der Waals surface area contributed by atoms with Gasteiger partial charge in [-0.1, -0.05) is 12.1 Å². The highest BCUT2D eigenvalue weighted by Gasteiger charge is 2.48. The Morgan fingerprint density at radius 3 is 2.48 bits per heavy atom. The highest BCUT2D eigenvalue weighted by atomic mass is 19.3. The molecule has 23 heavy (non-hydrogen) atoms. The molecule has 0 aliphatic carbocycles. The van der Waals surface area contributed by atoms with Crippen molar-refractivity contribution in [2.75, 3.05) is 6.54 Å². The van der Waals surface area contributed by atoms with Gasteiger partial charge in [0.1, 0.15) is 11.3 Å². The summed E-state index contributed by atoms with van der Waals surface area (Å²) >= 11 is 0. The van der Waals surface area contributed by atoms with Crippen LogP contribution in [0.5, 0.6) is 5.75 Å². The van der Waals surface area contributed by atoms with Crippen LogP contribution in [0.1, 0.15) is 18.9 Å². The van der Waals surface area contributed by atoms with Gasteiger partial charge in [0.2, 0.25) is 5.91 Å². The third-order valence-electron chi connectivity index (χ3n) is 3.51. The van der Waals surface area contributed by atoms with Crippen LogP contribution in [0.2, 0.25) is 0 Å². The third-order valence-corrected chi connectivity index (χ3v) is 3.51. The number of ether oxygens (including phenoxy) is 1. The van der Waals surface area contributed by atoms with Gasteiger partial charge in [-0.15, -0.1) is 0 Å². The predicted molar refractivity (Wildman–Crippen MR) is 74.5 cm³/mol. The number of rotatable bonds is 6. The fourth-order valence-electron chi connectivity index (χ4n) is 2.29. The number of amides is 4. The molecule has 7 nitrogen and oxygen atoms in total. The number of benzene rings is 1. The Kier molecular flexibility index (Phi) is 4.48. The lowest BCUT2D eigenvalue weighted by atomic mass is 9.92. The van der Waals surface area contributed by atoms with Gasteiger partial charge in [0, 0.05) is 13.0 Å². The summed E-state index contributed by atoms with van der Waals surface area (Å²) in [5.41, 5.74) is 4.07. The van der Waals surface area contributed by atoms with Crippen LogP contribution in [0.25, 0.3) is 0 Å². The number of imide groups is 1. The monoisotopic (exact) mass is 327 g/mol. The summed E-state index contributed by atoms with van der Waals surface area (Å²) in [7, 11) is 0. The Morgan fingerprint density at radius 2 is 1.96 bits per heavy atom. The standard InChI is InChI=1S/C14H15F2N3O4/c1-14(8-2-4-9(5-3-8)23-12(15)16)11(21)19(13(22)18-14)7-6-10(17)20/h2-5,12H,6-7H2,1H3,(H2,17,20)(H,18,22)/t14-/m0/s1. The molecule has 1 fully saturated rings. The molecule has 0 unspecified atom stereocenters. The fourth-order valence-corrected chi connectivity index (χ4v) is 2.29. The van der Waals surface area contributed by atoms with Crippen LogP contribution in [0.4, 0.5) is 13.6 Å². The van der Waals surface area contributed by atoms with Crippen molar-refractivity contribution in [1.82, 2.24) is 10.2 Å². The Balaban J connectivity index is 2.19. The normalized spacial score (nSPS) is 20.8. The second-order valence-corrected chi connectivity index (χ2v) is 5.13. The Bertz CT molecular complexity index is 635. The van der Waals surface area contributed by atoms with E-state index in [1.807, 2.05) is 0 Å². The summed E-state index contributed by atoms with van der Waals surface area (Å²) in [6, 6.07) is 4.73. The summed E-state index contributed by atoms with van der Waals surface area (Å²) in [5, 5.41) is 2.53. The van der Waals surface area contributed by atoms with E-state index in [0.29, 0.717) is 5.56 Å². The second kappa shape index (κ2) is 6.19. The van der Waals surface area contributed by atoms with Gasteiger partial charge in [-0.3, -0.25) is 14.5 Å². The van der Waals surface area contributed by atoms with Crippen molar-refractivity contribution in [1.29, 1.82) is 0 Å². The largest absolute Gasteiger partial charge is 0.435 e. The number of urea groups is 1. The lowest BCUT2D eigenvalue weighted by molar-refractivity contribution is -0.131. The maximum atomic E-state index is 12.5. The third kappa shape index (κ3) is 3.38. The first-order chi connectivity index (χ1) is 10.7. The van der Waals surface area contributed by atoms with E-state index in [-0.39, 0.29) is 18.7 Å². The molecule has 0 radical (unpaired) electrons. The molecule has 9 heteroatoms. The van der Waals surface area contributed by atoms with Gasteiger partial charge >= 0.3 is 12.6 Å². The minimum Gasteiger partial charge on any atom is -0.435 e. The highest BCUT2D eigenvalue weighted by molar-refractivity contribution is 6.07. The number of hydrogen-bond acceptors (Lipinski definition) is 4. The number of carbonyl (C=O) groups is 3. The molecule has 1 atom stereocenters. The van der Waals surface area contributed by atoms with E-state index in [1.54, 1.807) is 0 Å². The van der Waals surface area contributed by atoms with E-state index < -0.39 is 30.0 Å². The van der Waals surface area contributed by atoms with Crippen LogP contribution in [0.15, 0.2) is 24.3 Å². The number of nitrogens with zero attached hydrogens (tertiary/aromatic N) is 1. The van der Waals surface area contributed by atoms with E-state index in [4.69, 9.17) is 5.73 Å². The van der Waals surface area contributed by atoms with Crippen molar-refractivity contribution in [3.8, 4) is 5.75 Å². The highest BCUT2D eigenvalue weighted by Crippen LogP contribution is 2.30. The Hall–Kier alpha value is -2.71. The van der Waals surface area contributed by atoms with Crippen LogP contribution in [-0.4, -0.2) is 35.9 Å². The first-order valence-electron chi connectivity index (χ1n) is 6.72. The Labute approximate surface area is 130 Å². The number of halogens is 2. The number of primary amides is 1. The molecule has 0 saturated carbocycles. The minimum atomic E-state index is -2.95. The van der Waals surface area contributed by atoms with Crippen LogP contribution in [0.3, 0.4) is 0 Å². The van der Waals surface area contributed by atoms with Gasteiger partial charge in [0.25, 0.3) is 5.91 Å². The molecule has 1 aromatic carbocycles. The molecule has 3 N–H and O–H groups in total. The van der Waals surface area contributed by atoms with Crippen molar-refractivity contribution < 1.29 is 27.9 Å². The van der Waals surface area contributed by atoms with Gasteiger partial charge in [-0.05, 0) is 24.6 Å². The van der Waals surface area contributed by atoms with Gasteiger partial charge in [0.15, 0.2) is 0 Å². The first kappa shape index (κ1) is 16.7. The number of alkyl halides is 2. The van der Waals surface area contributed by atoms with Gasteiger partial charge < -0.3 is 15.8 Å². The molecule has 1 heterocycles. The Morgan fingerprint density at radius 1 is 1.35 bits per heavy atom. The number of nitrogens with one attached hydrogen (secondary N) is 1. The summed E-state index contributed by atoms with van der Waals surface area (Å²) in [5.74, 6) is -1.24. The van der Waals surface area contributed by atoms with Gasteiger partial charge in [-0.25, -0.2) is 4.79 Å². The zero-order chi connectivity index (χ0) is 17.2. The second-order valence-electron chi connectivity index (χ2n) is 5.13. The van der Waals surface area contributed by atoms with Crippen molar-refractivity contribution >= 4 is 17.8 Å². The predicted octanol–water partition coefficient (Wildman–Crippen LogP) is 0.930. The average molecular weight is 327 g/mol. The van der Waals surface area contributed by atoms with E-state index >= 15 is 0 Å². The van der Waals surface area contributed by atoms with Crippen molar-refractivity contribution in [2.24, 2.45) is 5.73 Å². The molecule has 124 valence electrons. The van der Waals surface area contributed by atoms with Crippen LogP contribution < -0.4 is 15.8 Å².